The van der Waals surface area contributed by atoms with Crippen molar-refractivity contribution in [1.82, 2.24) is 30.5 Å². The lowest BCUT2D eigenvalue weighted by atomic mass is 9.97. The Hall–Kier alpha value is -2.79. The van der Waals surface area contributed by atoms with Crippen molar-refractivity contribution in [2.24, 2.45) is 0 Å². The molecule has 4 rings (SSSR count). The fourth-order valence-corrected chi connectivity index (χ4v) is 3.40. The van der Waals surface area contributed by atoms with Gasteiger partial charge in [0, 0.05) is 36.8 Å². The summed E-state index contributed by atoms with van der Waals surface area (Å²) in [4.78, 5) is 14.3. The van der Waals surface area contributed by atoms with Crippen LogP contribution < -0.4 is 15.0 Å². The number of nitrogens with zero attached hydrogens (tertiary/aromatic N) is 6. The Bertz CT molecular complexity index is 1160. The van der Waals surface area contributed by atoms with Crippen molar-refractivity contribution < 1.29 is 19.1 Å². The Labute approximate surface area is 208 Å². The molecule has 1 aromatic carbocycles. The molecule has 1 saturated heterocycles. The van der Waals surface area contributed by atoms with Crippen LogP contribution in [0.1, 0.15) is 18.0 Å². The van der Waals surface area contributed by atoms with Crippen molar-refractivity contribution in [3.05, 3.63) is 36.8 Å². The van der Waals surface area contributed by atoms with Crippen LogP contribution in [0.3, 0.4) is 0 Å². The maximum absolute atomic E-state index is 10.6. The molecule has 0 spiro atoms. The summed E-state index contributed by atoms with van der Waals surface area (Å²) in [5.41, 5.74) is 0.850. The zero-order valence-electron chi connectivity index (χ0n) is 21.0. The average Bonchev–Trinajstić information content (AvgIpc) is 2.78. The molecule has 0 saturated carbocycles. The van der Waals surface area contributed by atoms with E-state index in [-0.39, 0.29) is 42.5 Å². The highest BCUT2D eigenvalue weighted by Crippen LogP contribution is 2.32. The Morgan fingerprint density at radius 2 is 1.97 bits per heavy atom. The highest BCUT2D eigenvalue weighted by atomic mass is 35.5. The van der Waals surface area contributed by atoms with Gasteiger partial charge in [-0.15, -0.1) is 35.0 Å². The summed E-state index contributed by atoms with van der Waals surface area (Å²) < 4.78 is 26.4. The average molecular weight is 499 g/mol. The van der Waals surface area contributed by atoms with Gasteiger partial charge in [0.1, 0.15) is 17.8 Å². The first kappa shape index (κ1) is 22.0. The van der Waals surface area contributed by atoms with Gasteiger partial charge >= 0.3 is 0 Å². The van der Waals surface area contributed by atoms with Gasteiger partial charge in [0.25, 0.3) is 0 Å². The van der Waals surface area contributed by atoms with Gasteiger partial charge in [-0.1, -0.05) is 6.07 Å². The molecule has 0 bridgehead atoms. The molecule has 2 aromatic heterocycles. The molecule has 0 radical (unpaired) electrons. The van der Waals surface area contributed by atoms with Crippen LogP contribution in [0.5, 0.6) is 11.6 Å². The Morgan fingerprint density at radius 3 is 2.64 bits per heavy atom. The summed E-state index contributed by atoms with van der Waals surface area (Å²) in [6, 6.07) is 6.09. The van der Waals surface area contributed by atoms with Gasteiger partial charge in [0.2, 0.25) is 11.8 Å². The van der Waals surface area contributed by atoms with Gasteiger partial charge in [-0.05, 0) is 26.0 Å². The van der Waals surface area contributed by atoms with Crippen LogP contribution in [0.25, 0.3) is 22.5 Å². The molecule has 1 unspecified atom stereocenters. The van der Waals surface area contributed by atoms with Crippen LogP contribution in [-0.4, -0.2) is 73.7 Å². The molecule has 10 nitrogen and oxygen atoms in total. The van der Waals surface area contributed by atoms with E-state index in [2.05, 4.69) is 30.5 Å². The van der Waals surface area contributed by atoms with Gasteiger partial charge < -0.3 is 25.2 Å². The molecular formula is C21H27Cl2N7O3. The van der Waals surface area contributed by atoms with Crippen LogP contribution in [0.2, 0.25) is 0 Å². The van der Waals surface area contributed by atoms with E-state index in [1.165, 1.54) is 24.7 Å². The maximum atomic E-state index is 10.6. The summed E-state index contributed by atoms with van der Waals surface area (Å²) >= 11 is 0. The van der Waals surface area contributed by atoms with Gasteiger partial charge in [-0.3, -0.25) is 0 Å². The first-order chi connectivity index (χ1) is 16.0. The maximum Gasteiger partial charge on any atom is 0.245 e. The number of hydrogen-bond acceptors (Lipinski definition) is 10. The number of hydrogen-bond donors (Lipinski definition) is 3. The minimum absolute atomic E-state index is 0. The van der Waals surface area contributed by atoms with E-state index in [0.29, 0.717) is 48.1 Å². The third-order valence-electron chi connectivity index (χ3n) is 5.18. The van der Waals surface area contributed by atoms with Crippen molar-refractivity contribution in [3.8, 4) is 34.1 Å². The van der Waals surface area contributed by atoms with Crippen molar-refractivity contribution in [2.75, 3.05) is 31.6 Å². The molecule has 1 atom stereocenters. The molecule has 0 aliphatic carbocycles. The number of nitrogens with one attached hydrogen (secondary N) is 1. The molecule has 178 valence electrons. The van der Waals surface area contributed by atoms with E-state index >= 15 is 0 Å². The molecular weight excluding hydrogens is 469 g/mol. The van der Waals surface area contributed by atoms with Gasteiger partial charge in [-0.2, -0.15) is 0 Å². The molecule has 12 heteroatoms. The SMILES string of the molecule is Cl.Cl.[2H]C([2H])([2H])Oc1cc(-c2ccc(-c3cnc(N4CCNC(C(C)(C)O)C4)nn3)c(O)c2)ncn1. The summed E-state index contributed by atoms with van der Waals surface area (Å²) in [6.45, 7) is 5.41. The van der Waals surface area contributed by atoms with Gasteiger partial charge in [-0.25, -0.2) is 15.0 Å². The monoisotopic (exact) mass is 498 g/mol. The predicted molar refractivity (Wildman–Crippen MR) is 129 cm³/mol. The number of rotatable bonds is 5. The zero-order chi connectivity index (χ0) is 24.5. The smallest absolute Gasteiger partial charge is 0.245 e. The van der Waals surface area contributed by atoms with Crippen molar-refractivity contribution in [3.63, 3.8) is 0 Å². The lowest BCUT2D eigenvalue weighted by molar-refractivity contribution is 0.0362. The number of piperazine rings is 1. The van der Waals surface area contributed by atoms with Crippen LogP contribution in [-0.2, 0) is 0 Å². The summed E-state index contributed by atoms with van der Waals surface area (Å²) in [7, 11) is -2.63. The highest BCUT2D eigenvalue weighted by molar-refractivity contribution is 5.85. The van der Waals surface area contributed by atoms with Gasteiger partial charge in [0.15, 0.2) is 0 Å². The molecule has 3 aromatic rings. The Balaban J connectivity index is 0.00000228. The summed E-state index contributed by atoms with van der Waals surface area (Å²) in [5, 5.41) is 32.6. The largest absolute Gasteiger partial charge is 0.507 e. The molecule has 1 aliphatic rings. The lowest BCUT2D eigenvalue weighted by Crippen LogP contribution is -2.59. The van der Waals surface area contributed by atoms with E-state index in [0.717, 1.165) is 0 Å². The minimum atomic E-state index is -2.63. The number of anilines is 1. The second-order valence-corrected chi connectivity index (χ2v) is 7.83. The second-order valence-electron chi connectivity index (χ2n) is 7.83. The molecule has 1 fully saturated rings. The molecule has 1 aliphatic heterocycles. The zero-order valence-corrected chi connectivity index (χ0v) is 19.6. The fraction of sp³-hybridized carbons (Fsp3) is 0.381. The number of aliphatic hydroxyl groups is 1. The van der Waals surface area contributed by atoms with Crippen LogP contribution >= 0.6 is 24.8 Å². The number of halogens is 2. The predicted octanol–water partition coefficient (Wildman–Crippen LogP) is 2.10. The number of ether oxygens (including phenoxy) is 1. The first-order valence-corrected chi connectivity index (χ1v) is 9.75. The lowest BCUT2D eigenvalue weighted by Gasteiger charge is -2.39. The fourth-order valence-electron chi connectivity index (χ4n) is 3.40. The third-order valence-corrected chi connectivity index (χ3v) is 5.18. The van der Waals surface area contributed by atoms with Crippen LogP contribution in [0.4, 0.5) is 5.95 Å². The molecule has 33 heavy (non-hydrogen) atoms. The van der Waals surface area contributed by atoms with Crippen molar-refractivity contribution in [2.45, 2.75) is 25.5 Å². The van der Waals surface area contributed by atoms with Gasteiger partial charge in [0.05, 0.1) is 34.7 Å². The topological polar surface area (TPSA) is 129 Å². The van der Waals surface area contributed by atoms with E-state index in [1.54, 1.807) is 26.0 Å². The number of methoxy groups -OCH3 is 1. The second kappa shape index (κ2) is 10.9. The van der Waals surface area contributed by atoms with Crippen molar-refractivity contribution >= 4 is 30.8 Å². The standard InChI is InChI=1S/C21H25N7O3.2ClH/c1-21(2,30)18-11-28(7-6-22-18)20-23-10-16(26-27-20)14-5-4-13(8-17(14)29)15-9-19(31-3)25-12-24-15;;/h4-5,8-10,12,18,22,29-30H,6-7,11H2,1-3H3;2*1H/i3D3;;. The highest BCUT2D eigenvalue weighted by Gasteiger charge is 2.32. The minimum Gasteiger partial charge on any atom is -0.507 e. The number of aromatic hydroxyl groups is 1. The Morgan fingerprint density at radius 1 is 1.15 bits per heavy atom. The third kappa shape index (κ3) is 5.97. The number of benzene rings is 1. The number of aromatic nitrogens is 5. The van der Waals surface area contributed by atoms with E-state index in [9.17, 15) is 10.2 Å². The van der Waals surface area contributed by atoms with E-state index in [4.69, 9.17) is 8.85 Å². The summed E-state index contributed by atoms with van der Waals surface area (Å²) in [6.07, 6.45) is 2.72. The molecule has 0 amide bonds. The molecule has 3 N–H and O–H groups in total. The van der Waals surface area contributed by atoms with E-state index in [1.807, 2.05) is 4.90 Å². The number of phenols is 1. The normalized spacial score (nSPS) is 17.6. The van der Waals surface area contributed by atoms with Crippen LogP contribution in [0, 0.1) is 0 Å². The first-order valence-electron chi connectivity index (χ1n) is 11.2. The number of phenolic OH excluding ortho intramolecular Hbond substituents is 1. The quantitative estimate of drug-likeness (QED) is 0.480. The molecule has 3 heterocycles. The van der Waals surface area contributed by atoms with Crippen LogP contribution in [0.15, 0.2) is 36.8 Å². The van der Waals surface area contributed by atoms with Crippen molar-refractivity contribution in [1.29, 1.82) is 0 Å². The summed E-state index contributed by atoms with van der Waals surface area (Å²) in [5.74, 6) is 0.278. The Kier molecular flexibility index (Phi) is 7.27. The van der Waals surface area contributed by atoms with E-state index < -0.39 is 12.6 Å².